The van der Waals surface area contributed by atoms with Crippen molar-refractivity contribution in [3.05, 3.63) is 134 Å². The molecule has 2 atom stereocenters. The lowest BCUT2D eigenvalue weighted by molar-refractivity contribution is -0.384. The van der Waals surface area contributed by atoms with Gasteiger partial charge in [0.05, 0.1) is 27.9 Å². The van der Waals surface area contributed by atoms with Crippen LogP contribution in [0, 0.1) is 35.8 Å². The van der Waals surface area contributed by atoms with Crippen LogP contribution in [0.3, 0.4) is 0 Å². The third-order valence-electron chi connectivity index (χ3n) is 8.99. The number of carbonyl (C=O) groups is 2. The fourth-order valence-corrected chi connectivity index (χ4v) is 7.14. The normalized spacial score (nSPS) is 24.2. The van der Waals surface area contributed by atoms with E-state index in [-0.39, 0.29) is 17.3 Å². The minimum absolute atomic E-state index is 0.00558. The minimum atomic E-state index is -1.03. The first-order chi connectivity index (χ1) is 19.4. The molecule has 2 bridgehead atoms. The number of aryl methyl sites for hydroxylation is 1. The molecule has 1 heterocycles. The number of aliphatic imine (C=N–C) groups is 1. The maximum atomic E-state index is 14.5. The fraction of sp³-hybridized carbons (Fsp3) is 0.182. The van der Waals surface area contributed by atoms with Crippen LogP contribution in [-0.4, -0.2) is 23.0 Å². The molecule has 0 radical (unpaired) electrons. The molecule has 40 heavy (non-hydrogen) atoms. The Hall–Kier alpha value is -4.91. The highest BCUT2D eigenvalue weighted by Crippen LogP contribution is 2.64. The van der Waals surface area contributed by atoms with Crippen LogP contribution in [0.1, 0.15) is 39.3 Å². The highest BCUT2D eigenvalue weighted by Gasteiger charge is 2.68. The molecule has 0 unspecified atom stereocenters. The molecule has 1 saturated heterocycles. The van der Waals surface area contributed by atoms with Gasteiger partial charge in [-0.15, -0.1) is 0 Å². The quantitative estimate of drug-likeness (QED) is 0.137. The molecule has 4 aromatic carbocycles. The molecule has 7 heteroatoms. The van der Waals surface area contributed by atoms with E-state index >= 15 is 0 Å². The molecule has 2 amide bonds. The van der Waals surface area contributed by atoms with E-state index in [9.17, 15) is 19.7 Å². The molecular formula is C33H25N3O4. The summed E-state index contributed by atoms with van der Waals surface area (Å²) in [5.41, 5.74) is 5.49. The molecular weight excluding hydrogens is 502 g/mol. The van der Waals surface area contributed by atoms with E-state index in [4.69, 9.17) is 4.99 Å². The van der Waals surface area contributed by atoms with Crippen molar-refractivity contribution in [1.29, 1.82) is 0 Å². The molecule has 1 aliphatic heterocycles. The predicted octanol–water partition coefficient (Wildman–Crippen LogP) is 6.16. The summed E-state index contributed by atoms with van der Waals surface area (Å²) in [7, 11) is 0. The number of nitrogens with zero attached hydrogens (tertiary/aromatic N) is 3. The van der Waals surface area contributed by atoms with E-state index in [1.54, 1.807) is 6.07 Å². The number of hydrogen-bond donors (Lipinski definition) is 0. The van der Waals surface area contributed by atoms with Crippen LogP contribution < -0.4 is 4.90 Å². The second-order valence-corrected chi connectivity index (χ2v) is 10.8. The number of para-hydroxylation sites is 2. The molecule has 0 N–H and O–H groups in total. The van der Waals surface area contributed by atoms with Crippen LogP contribution in [0.25, 0.3) is 0 Å². The summed E-state index contributed by atoms with van der Waals surface area (Å²) in [6.07, 6.45) is 1.85. The van der Waals surface area contributed by atoms with E-state index < -0.39 is 34.0 Å². The van der Waals surface area contributed by atoms with Crippen LogP contribution >= 0.6 is 0 Å². The van der Waals surface area contributed by atoms with E-state index in [0.717, 1.165) is 44.0 Å². The van der Waals surface area contributed by atoms with Gasteiger partial charge < -0.3 is 0 Å². The lowest BCUT2D eigenvalue weighted by Gasteiger charge is -2.52. The summed E-state index contributed by atoms with van der Waals surface area (Å²) < 4.78 is 0. The number of hydrogen-bond acceptors (Lipinski definition) is 5. The summed E-state index contributed by atoms with van der Waals surface area (Å²) in [5.74, 6) is -2.73. The Morgan fingerprint density at radius 3 is 2.12 bits per heavy atom. The van der Waals surface area contributed by atoms with Crippen molar-refractivity contribution >= 4 is 35.1 Å². The van der Waals surface area contributed by atoms with Crippen molar-refractivity contribution < 1.29 is 14.5 Å². The third-order valence-corrected chi connectivity index (χ3v) is 8.99. The Morgan fingerprint density at radius 2 is 1.45 bits per heavy atom. The second-order valence-electron chi connectivity index (χ2n) is 10.8. The van der Waals surface area contributed by atoms with E-state index in [1.165, 1.54) is 18.2 Å². The predicted molar refractivity (Wildman–Crippen MR) is 152 cm³/mol. The van der Waals surface area contributed by atoms with E-state index in [1.807, 2.05) is 86.8 Å². The Balaban J connectivity index is 1.52. The zero-order valence-corrected chi connectivity index (χ0v) is 21.9. The number of nitro groups is 1. The summed E-state index contributed by atoms with van der Waals surface area (Å²) in [4.78, 5) is 46.2. The van der Waals surface area contributed by atoms with Gasteiger partial charge in [-0.05, 0) is 59.4 Å². The SMILES string of the molecule is Cc1cccc(N=CC23c4ccccc4C(c4ccccc42)[C@H]2C(=O)N(c4ccccc4[N+](=O)[O-])C(=O)[C@H]23)c1C. The zero-order chi connectivity index (χ0) is 27.8. The highest BCUT2D eigenvalue weighted by atomic mass is 16.6. The van der Waals surface area contributed by atoms with Gasteiger partial charge in [0.1, 0.15) is 5.69 Å². The van der Waals surface area contributed by atoms with Crippen LogP contribution in [0.5, 0.6) is 0 Å². The van der Waals surface area contributed by atoms with Gasteiger partial charge in [-0.25, -0.2) is 4.90 Å². The van der Waals surface area contributed by atoms with Crippen LogP contribution in [-0.2, 0) is 15.0 Å². The average Bonchev–Trinajstić information content (AvgIpc) is 3.24. The Bertz CT molecular complexity index is 1740. The summed E-state index contributed by atoms with van der Waals surface area (Å²) in [6, 6.07) is 27.8. The van der Waals surface area contributed by atoms with Gasteiger partial charge in [0.15, 0.2) is 0 Å². The van der Waals surface area contributed by atoms with Gasteiger partial charge in [0.2, 0.25) is 11.8 Å². The molecule has 0 spiro atoms. The molecule has 0 aromatic heterocycles. The lowest BCUT2D eigenvalue weighted by atomic mass is 9.47. The zero-order valence-electron chi connectivity index (χ0n) is 21.9. The van der Waals surface area contributed by atoms with Gasteiger partial charge in [-0.3, -0.25) is 24.7 Å². The van der Waals surface area contributed by atoms with Gasteiger partial charge in [0.25, 0.3) is 5.69 Å². The first-order valence-corrected chi connectivity index (χ1v) is 13.3. The molecule has 1 fully saturated rings. The van der Waals surface area contributed by atoms with E-state index in [2.05, 4.69) is 0 Å². The van der Waals surface area contributed by atoms with Crippen molar-refractivity contribution in [3.8, 4) is 0 Å². The number of carbonyl (C=O) groups excluding carboxylic acids is 2. The first kappa shape index (κ1) is 24.2. The molecule has 4 aromatic rings. The number of anilines is 1. The molecule has 3 aliphatic carbocycles. The maximum absolute atomic E-state index is 14.5. The van der Waals surface area contributed by atoms with Crippen LogP contribution in [0.4, 0.5) is 17.1 Å². The van der Waals surface area contributed by atoms with Crippen molar-refractivity contribution in [2.45, 2.75) is 25.2 Å². The summed E-state index contributed by atoms with van der Waals surface area (Å²) >= 11 is 0. The topological polar surface area (TPSA) is 92.9 Å². The molecule has 4 aliphatic rings. The second kappa shape index (κ2) is 8.55. The summed E-state index contributed by atoms with van der Waals surface area (Å²) in [5, 5.41) is 11.9. The van der Waals surface area contributed by atoms with Crippen LogP contribution in [0.2, 0.25) is 0 Å². The monoisotopic (exact) mass is 527 g/mol. The van der Waals surface area contributed by atoms with Crippen molar-refractivity contribution in [1.82, 2.24) is 0 Å². The van der Waals surface area contributed by atoms with Crippen LogP contribution in [0.15, 0.2) is 96.0 Å². The number of benzene rings is 4. The average molecular weight is 528 g/mol. The van der Waals surface area contributed by atoms with Crippen molar-refractivity contribution in [2.24, 2.45) is 16.8 Å². The first-order valence-electron chi connectivity index (χ1n) is 13.3. The Morgan fingerprint density at radius 1 is 0.825 bits per heavy atom. The van der Waals surface area contributed by atoms with Crippen molar-refractivity contribution in [3.63, 3.8) is 0 Å². The largest absolute Gasteiger partial charge is 0.293 e. The molecule has 196 valence electrons. The minimum Gasteiger partial charge on any atom is -0.274 e. The highest BCUT2D eigenvalue weighted by molar-refractivity contribution is 6.25. The standard InChI is InChI=1S/C33H25N3O4/c1-19-10-9-15-25(20(19)2)34-18-33-23-13-5-3-11-21(23)28(22-12-4-6-14-24(22)33)29-30(33)32(38)35(31(29)37)26-16-7-8-17-27(26)36(39)40/h3-18,28-30H,1-2H3/t28?,29-,30+,33?/m1/s1. The third kappa shape index (κ3) is 3.03. The molecule has 7 nitrogen and oxygen atoms in total. The Kier molecular flexibility index (Phi) is 5.16. The smallest absolute Gasteiger partial charge is 0.274 e. The van der Waals surface area contributed by atoms with E-state index in [0.29, 0.717) is 0 Å². The van der Waals surface area contributed by atoms with Gasteiger partial charge in [-0.2, -0.15) is 0 Å². The molecule has 8 rings (SSSR count). The number of nitro benzene ring substituents is 1. The summed E-state index contributed by atoms with van der Waals surface area (Å²) in [6.45, 7) is 4.05. The number of imide groups is 1. The van der Waals surface area contributed by atoms with Gasteiger partial charge in [0, 0.05) is 18.2 Å². The number of amides is 2. The van der Waals surface area contributed by atoms with Gasteiger partial charge in [-0.1, -0.05) is 72.8 Å². The number of rotatable bonds is 4. The van der Waals surface area contributed by atoms with Gasteiger partial charge >= 0.3 is 0 Å². The Labute approximate surface area is 231 Å². The van der Waals surface area contributed by atoms with Crippen molar-refractivity contribution in [2.75, 3.05) is 4.90 Å². The fourth-order valence-electron chi connectivity index (χ4n) is 7.14. The maximum Gasteiger partial charge on any atom is 0.293 e. The lowest BCUT2D eigenvalue weighted by Crippen LogP contribution is -2.54. The molecule has 0 saturated carbocycles.